The van der Waals surface area contributed by atoms with Crippen LogP contribution in [0.25, 0.3) is 11.1 Å². The number of hydrogen-bond acceptors (Lipinski definition) is 5. The monoisotopic (exact) mass is 394 g/mol. The molecule has 0 aliphatic heterocycles. The molecule has 0 radical (unpaired) electrons. The van der Waals surface area contributed by atoms with Gasteiger partial charge in [0.25, 0.3) is 0 Å². The summed E-state index contributed by atoms with van der Waals surface area (Å²) in [5.41, 5.74) is 0.164. The zero-order valence-corrected chi connectivity index (χ0v) is 14.6. The maximum Gasteiger partial charge on any atom is 0.419 e. The van der Waals surface area contributed by atoms with Gasteiger partial charge in [-0.3, -0.25) is 9.36 Å². The lowest BCUT2D eigenvalue weighted by Gasteiger charge is -2.13. The Morgan fingerprint density at radius 3 is 2.71 bits per heavy atom. The zero-order valence-electron chi connectivity index (χ0n) is 14.6. The highest BCUT2D eigenvalue weighted by atomic mass is 19.4. The van der Waals surface area contributed by atoms with Crippen molar-refractivity contribution in [2.75, 3.05) is 18.4 Å². The summed E-state index contributed by atoms with van der Waals surface area (Å²) in [6.45, 7) is 0.307. The number of benzene rings is 1. The van der Waals surface area contributed by atoms with Gasteiger partial charge in [-0.15, -0.1) is 0 Å². The van der Waals surface area contributed by atoms with Crippen molar-refractivity contribution in [2.45, 2.75) is 19.1 Å². The predicted octanol–water partition coefficient (Wildman–Crippen LogP) is 2.63. The predicted molar refractivity (Wildman–Crippen MR) is 95.8 cm³/mol. The van der Waals surface area contributed by atoms with Gasteiger partial charge in [-0.05, 0) is 24.3 Å². The third-order valence-corrected chi connectivity index (χ3v) is 3.99. The number of nitrogens with one attached hydrogen (secondary N) is 2. The molecule has 0 saturated heterocycles. The molecule has 0 spiro atoms. The lowest BCUT2D eigenvalue weighted by Crippen LogP contribution is -2.30. The van der Waals surface area contributed by atoms with Gasteiger partial charge in [0.1, 0.15) is 5.82 Å². The van der Waals surface area contributed by atoms with Crippen LogP contribution in [0.5, 0.6) is 0 Å². The number of oxazole rings is 1. The molecule has 2 aromatic heterocycles. The number of pyridine rings is 1. The van der Waals surface area contributed by atoms with Crippen LogP contribution >= 0.6 is 0 Å². The number of carbonyl (C=O) groups excluding carboxylic acids is 1. The van der Waals surface area contributed by atoms with Gasteiger partial charge in [-0.2, -0.15) is 13.2 Å². The van der Waals surface area contributed by atoms with Crippen molar-refractivity contribution in [3.63, 3.8) is 0 Å². The Morgan fingerprint density at radius 2 is 1.93 bits per heavy atom. The van der Waals surface area contributed by atoms with Crippen LogP contribution in [-0.4, -0.2) is 28.5 Å². The summed E-state index contributed by atoms with van der Waals surface area (Å²) >= 11 is 0. The number of aromatic nitrogens is 2. The molecule has 0 atom stereocenters. The number of amides is 1. The summed E-state index contributed by atoms with van der Waals surface area (Å²) in [7, 11) is 0. The lowest BCUT2D eigenvalue weighted by molar-refractivity contribution is -0.137. The highest BCUT2D eigenvalue weighted by Crippen LogP contribution is 2.33. The van der Waals surface area contributed by atoms with Gasteiger partial charge < -0.3 is 15.1 Å². The van der Waals surface area contributed by atoms with Gasteiger partial charge in [0.2, 0.25) is 5.91 Å². The number of anilines is 1. The topological polar surface area (TPSA) is 89.2 Å². The highest BCUT2D eigenvalue weighted by molar-refractivity contribution is 5.76. The molecule has 0 fully saturated rings. The Balaban J connectivity index is 1.48. The van der Waals surface area contributed by atoms with Crippen molar-refractivity contribution in [3.05, 3.63) is 58.7 Å². The van der Waals surface area contributed by atoms with E-state index in [1.54, 1.807) is 24.3 Å². The summed E-state index contributed by atoms with van der Waals surface area (Å²) < 4.78 is 45.1. The van der Waals surface area contributed by atoms with E-state index >= 15 is 0 Å². The van der Waals surface area contributed by atoms with Crippen LogP contribution < -0.4 is 16.4 Å². The first-order valence-electron chi connectivity index (χ1n) is 8.47. The maximum absolute atomic E-state index is 12.9. The molecule has 148 valence electrons. The fourth-order valence-electron chi connectivity index (χ4n) is 2.69. The van der Waals surface area contributed by atoms with Gasteiger partial charge in [0.05, 0.1) is 11.1 Å². The third-order valence-electron chi connectivity index (χ3n) is 3.99. The van der Waals surface area contributed by atoms with Crippen molar-refractivity contribution in [1.82, 2.24) is 14.9 Å². The Labute approximate surface area is 157 Å². The molecule has 28 heavy (non-hydrogen) atoms. The molecule has 7 nitrogen and oxygen atoms in total. The molecule has 3 aromatic rings. The number of fused-ring (bicyclic) bond motifs is 1. The van der Waals surface area contributed by atoms with E-state index in [1.807, 2.05) is 0 Å². The number of para-hydroxylation sites is 2. The maximum atomic E-state index is 12.9. The van der Waals surface area contributed by atoms with Gasteiger partial charge >= 0.3 is 11.9 Å². The molecule has 1 aromatic carbocycles. The largest absolute Gasteiger partial charge is 0.419 e. The van der Waals surface area contributed by atoms with Crippen molar-refractivity contribution in [1.29, 1.82) is 0 Å². The summed E-state index contributed by atoms with van der Waals surface area (Å²) in [4.78, 5) is 27.5. The molecule has 10 heteroatoms. The van der Waals surface area contributed by atoms with Crippen molar-refractivity contribution in [2.24, 2.45) is 0 Å². The van der Waals surface area contributed by atoms with E-state index in [0.717, 1.165) is 6.07 Å². The van der Waals surface area contributed by atoms with Crippen molar-refractivity contribution < 1.29 is 22.4 Å². The average Bonchev–Trinajstić information content (AvgIpc) is 2.98. The van der Waals surface area contributed by atoms with E-state index in [0.29, 0.717) is 11.1 Å². The van der Waals surface area contributed by atoms with E-state index in [-0.39, 0.29) is 37.8 Å². The van der Waals surface area contributed by atoms with Crippen LogP contribution in [0, 0.1) is 0 Å². The van der Waals surface area contributed by atoms with Crippen molar-refractivity contribution in [3.8, 4) is 0 Å². The molecule has 3 rings (SSSR count). The second-order valence-electron chi connectivity index (χ2n) is 5.91. The van der Waals surface area contributed by atoms with Crippen LogP contribution in [0.1, 0.15) is 12.0 Å². The number of alkyl halides is 3. The Morgan fingerprint density at radius 1 is 1.14 bits per heavy atom. The first kappa shape index (κ1) is 19.5. The first-order valence-corrected chi connectivity index (χ1v) is 8.47. The molecular weight excluding hydrogens is 377 g/mol. The molecule has 0 aliphatic rings. The number of rotatable bonds is 7. The smallest absolute Gasteiger partial charge is 0.408 e. The second kappa shape index (κ2) is 8.15. The van der Waals surface area contributed by atoms with Gasteiger partial charge in [-0.1, -0.05) is 12.1 Å². The van der Waals surface area contributed by atoms with E-state index in [4.69, 9.17) is 4.42 Å². The number of halogens is 3. The summed E-state index contributed by atoms with van der Waals surface area (Å²) in [5.74, 6) is -1.18. The van der Waals surface area contributed by atoms with Crippen LogP contribution in [0.2, 0.25) is 0 Å². The summed E-state index contributed by atoms with van der Waals surface area (Å²) in [5, 5.41) is 5.15. The van der Waals surface area contributed by atoms with E-state index in [9.17, 15) is 22.8 Å². The van der Waals surface area contributed by atoms with E-state index in [1.165, 1.54) is 16.8 Å². The molecule has 2 heterocycles. The number of nitrogens with zero attached hydrogens (tertiary/aromatic N) is 2. The molecule has 0 bridgehead atoms. The van der Waals surface area contributed by atoms with Gasteiger partial charge in [0.15, 0.2) is 5.58 Å². The molecule has 0 unspecified atom stereocenters. The number of aryl methyl sites for hydroxylation is 1. The summed E-state index contributed by atoms with van der Waals surface area (Å²) in [6.07, 6.45) is -3.23. The van der Waals surface area contributed by atoms with E-state index in [2.05, 4.69) is 15.6 Å². The van der Waals surface area contributed by atoms with Crippen LogP contribution in [0.3, 0.4) is 0 Å². The van der Waals surface area contributed by atoms with E-state index < -0.39 is 17.5 Å². The third kappa shape index (κ3) is 4.51. The standard InChI is InChI=1S/C18H17F3N4O3/c19-18(20,21)12-4-3-8-23-16(12)24-10-9-22-15(26)7-11-25-13-5-1-2-6-14(13)28-17(25)27/h1-6,8H,7,9-11H2,(H,22,26)(H,23,24). The quantitative estimate of drug-likeness (QED) is 0.602. The van der Waals surface area contributed by atoms with Crippen molar-refractivity contribution >= 4 is 22.8 Å². The minimum absolute atomic E-state index is 0.0286. The average molecular weight is 394 g/mol. The zero-order chi connectivity index (χ0) is 20.1. The molecule has 0 aliphatic carbocycles. The minimum atomic E-state index is -4.51. The molecular formula is C18H17F3N4O3. The molecule has 1 amide bonds. The fourth-order valence-corrected chi connectivity index (χ4v) is 2.69. The van der Waals surface area contributed by atoms with Gasteiger partial charge in [0, 0.05) is 32.3 Å². The highest BCUT2D eigenvalue weighted by Gasteiger charge is 2.33. The lowest BCUT2D eigenvalue weighted by atomic mass is 10.2. The fraction of sp³-hybridized carbons (Fsp3) is 0.278. The Hall–Kier alpha value is -3.30. The molecule has 2 N–H and O–H groups in total. The Kier molecular flexibility index (Phi) is 5.67. The summed E-state index contributed by atoms with van der Waals surface area (Å²) in [6, 6.07) is 9.00. The second-order valence-corrected chi connectivity index (χ2v) is 5.91. The van der Waals surface area contributed by atoms with Crippen LogP contribution in [0.15, 0.2) is 51.8 Å². The Bertz CT molecular complexity index is 1030. The first-order chi connectivity index (χ1) is 13.4. The normalized spacial score (nSPS) is 11.5. The number of hydrogen-bond donors (Lipinski definition) is 2. The van der Waals surface area contributed by atoms with Gasteiger partial charge in [-0.25, -0.2) is 9.78 Å². The minimum Gasteiger partial charge on any atom is -0.408 e. The van der Waals surface area contributed by atoms with Crippen LogP contribution in [-0.2, 0) is 17.5 Å². The molecule has 0 saturated carbocycles. The van der Waals surface area contributed by atoms with Crippen LogP contribution in [0.4, 0.5) is 19.0 Å². The number of carbonyl (C=O) groups is 1. The SMILES string of the molecule is O=C(CCn1c(=O)oc2ccccc21)NCCNc1ncccc1C(F)(F)F.